The fourth-order valence-electron chi connectivity index (χ4n) is 2.32. The van der Waals surface area contributed by atoms with Gasteiger partial charge >= 0.3 is 0 Å². The van der Waals surface area contributed by atoms with Crippen LogP contribution in [0.3, 0.4) is 0 Å². The van der Waals surface area contributed by atoms with Gasteiger partial charge in [-0.15, -0.1) is 0 Å². The molecule has 1 heterocycles. The van der Waals surface area contributed by atoms with E-state index in [9.17, 15) is 4.79 Å². The third kappa shape index (κ3) is 3.95. The Balaban J connectivity index is 2.16. The zero-order valence-corrected chi connectivity index (χ0v) is 14.5. The van der Waals surface area contributed by atoms with Crippen LogP contribution in [-0.4, -0.2) is 43.1 Å². The Labute approximate surface area is 142 Å². The number of nitrogens with one attached hydrogen (secondary N) is 1. The minimum atomic E-state index is -0.0615. The second kappa shape index (κ2) is 8.19. The molecule has 0 spiro atoms. The minimum Gasteiger partial charge on any atom is -0.497 e. The Morgan fingerprint density at radius 3 is 2.42 bits per heavy atom. The molecule has 1 aromatic heterocycles. The van der Waals surface area contributed by atoms with Crippen molar-refractivity contribution in [2.45, 2.75) is 13.8 Å². The quantitative estimate of drug-likeness (QED) is 0.844. The molecular formula is C18H23N3O3. The number of carbonyl (C=O) groups is 1. The van der Waals surface area contributed by atoms with Crippen molar-refractivity contribution in [3.63, 3.8) is 0 Å². The molecule has 6 nitrogen and oxygen atoms in total. The normalized spacial score (nSPS) is 10.2. The van der Waals surface area contributed by atoms with Gasteiger partial charge < -0.3 is 19.7 Å². The average Bonchev–Trinajstić information content (AvgIpc) is 2.63. The molecule has 0 bridgehead atoms. The van der Waals surface area contributed by atoms with Gasteiger partial charge in [0.15, 0.2) is 0 Å². The number of methoxy groups -OCH3 is 2. The first-order valence-electron chi connectivity index (χ1n) is 7.87. The van der Waals surface area contributed by atoms with E-state index in [0.29, 0.717) is 24.5 Å². The molecule has 2 rings (SSSR count). The third-order valence-electron chi connectivity index (χ3n) is 3.72. The largest absolute Gasteiger partial charge is 0.497 e. The van der Waals surface area contributed by atoms with Crippen LogP contribution in [0.2, 0.25) is 0 Å². The molecule has 0 aliphatic heterocycles. The van der Waals surface area contributed by atoms with Crippen molar-refractivity contribution in [1.29, 1.82) is 0 Å². The SMILES string of the molecule is CCN(CC)C(=O)c1ccc(Nc2ccc(OC)cc2OC)cn1. The Morgan fingerprint density at radius 1 is 1.12 bits per heavy atom. The second-order valence-electron chi connectivity index (χ2n) is 5.10. The molecule has 128 valence electrons. The zero-order chi connectivity index (χ0) is 17.5. The van der Waals surface area contributed by atoms with Crippen molar-refractivity contribution >= 4 is 17.3 Å². The summed E-state index contributed by atoms with van der Waals surface area (Å²) < 4.78 is 10.5. The molecule has 2 aromatic rings. The molecule has 0 unspecified atom stereocenters. The highest BCUT2D eigenvalue weighted by molar-refractivity contribution is 5.92. The lowest BCUT2D eigenvalue weighted by Crippen LogP contribution is -2.31. The molecule has 0 aliphatic carbocycles. The Morgan fingerprint density at radius 2 is 1.88 bits per heavy atom. The first-order chi connectivity index (χ1) is 11.6. The molecule has 0 atom stereocenters. The van der Waals surface area contributed by atoms with Gasteiger partial charge in [-0.25, -0.2) is 4.98 Å². The maximum Gasteiger partial charge on any atom is 0.272 e. The van der Waals surface area contributed by atoms with Crippen LogP contribution in [0.15, 0.2) is 36.5 Å². The lowest BCUT2D eigenvalue weighted by atomic mass is 10.2. The van der Waals surface area contributed by atoms with Gasteiger partial charge in [-0.1, -0.05) is 0 Å². The molecule has 24 heavy (non-hydrogen) atoms. The fourth-order valence-corrected chi connectivity index (χ4v) is 2.32. The van der Waals surface area contributed by atoms with Gasteiger partial charge in [0.25, 0.3) is 5.91 Å². The number of anilines is 2. The van der Waals surface area contributed by atoms with Crippen molar-refractivity contribution < 1.29 is 14.3 Å². The van der Waals surface area contributed by atoms with E-state index >= 15 is 0 Å². The fraction of sp³-hybridized carbons (Fsp3) is 0.333. The van der Waals surface area contributed by atoms with E-state index in [2.05, 4.69) is 10.3 Å². The van der Waals surface area contributed by atoms with Crippen LogP contribution in [0.4, 0.5) is 11.4 Å². The van der Waals surface area contributed by atoms with Gasteiger partial charge in [0.05, 0.1) is 31.8 Å². The topological polar surface area (TPSA) is 63.7 Å². The van der Waals surface area contributed by atoms with Gasteiger partial charge in [0, 0.05) is 19.2 Å². The molecule has 0 fully saturated rings. The number of amides is 1. The summed E-state index contributed by atoms with van der Waals surface area (Å²) in [5.41, 5.74) is 2.00. The van der Waals surface area contributed by atoms with Crippen molar-refractivity contribution in [2.75, 3.05) is 32.6 Å². The smallest absolute Gasteiger partial charge is 0.272 e. The first kappa shape index (κ1) is 17.6. The molecular weight excluding hydrogens is 306 g/mol. The molecule has 6 heteroatoms. The van der Waals surface area contributed by atoms with Crippen LogP contribution < -0.4 is 14.8 Å². The third-order valence-corrected chi connectivity index (χ3v) is 3.72. The lowest BCUT2D eigenvalue weighted by Gasteiger charge is -2.18. The lowest BCUT2D eigenvalue weighted by molar-refractivity contribution is 0.0767. The number of benzene rings is 1. The van der Waals surface area contributed by atoms with E-state index < -0.39 is 0 Å². The zero-order valence-electron chi connectivity index (χ0n) is 14.5. The average molecular weight is 329 g/mol. The summed E-state index contributed by atoms with van der Waals surface area (Å²) in [5.74, 6) is 1.32. The summed E-state index contributed by atoms with van der Waals surface area (Å²) in [4.78, 5) is 18.3. The molecule has 1 N–H and O–H groups in total. The molecule has 0 aliphatic rings. The van der Waals surface area contributed by atoms with Gasteiger partial charge in [0.1, 0.15) is 17.2 Å². The summed E-state index contributed by atoms with van der Waals surface area (Å²) in [7, 11) is 3.21. The van der Waals surface area contributed by atoms with Gasteiger partial charge in [-0.05, 0) is 38.1 Å². The van der Waals surface area contributed by atoms with E-state index in [1.165, 1.54) is 0 Å². The highest BCUT2D eigenvalue weighted by Crippen LogP contribution is 2.31. The van der Waals surface area contributed by atoms with Crippen LogP contribution in [0.1, 0.15) is 24.3 Å². The number of aromatic nitrogens is 1. The van der Waals surface area contributed by atoms with Crippen LogP contribution >= 0.6 is 0 Å². The summed E-state index contributed by atoms with van der Waals surface area (Å²) >= 11 is 0. The molecule has 0 saturated heterocycles. The van der Waals surface area contributed by atoms with Gasteiger partial charge in [0.2, 0.25) is 0 Å². The number of ether oxygens (including phenoxy) is 2. The Hall–Kier alpha value is -2.76. The number of pyridine rings is 1. The Bertz CT molecular complexity index is 682. The maximum absolute atomic E-state index is 12.3. The predicted octanol–water partition coefficient (Wildman–Crippen LogP) is 3.32. The molecule has 0 saturated carbocycles. The van der Waals surface area contributed by atoms with Crippen LogP contribution in [0.5, 0.6) is 11.5 Å². The molecule has 1 aromatic carbocycles. The maximum atomic E-state index is 12.3. The van der Waals surface area contributed by atoms with Crippen LogP contribution in [-0.2, 0) is 0 Å². The van der Waals surface area contributed by atoms with E-state index in [0.717, 1.165) is 17.1 Å². The van der Waals surface area contributed by atoms with E-state index in [1.807, 2.05) is 32.0 Å². The second-order valence-corrected chi connectivity index (χ2v) is 5.10. The number of hydrogen-bond acceptors (Lipinski definition) is 5. The standard InChI is InChI=1S/C18H23N3O3/c1-5-21(6-2)18(22)16-9-7-13(12-19-16)20-15-10-8-14(23-3)11-17(15)24-4/h7-12,20H,5-6H2,1-4H3. The van der Waals surface area contributed by atoms with Crippen LogP contribution in [0.25, 0.3) is 0 Å². The predicted molar refractivity (Wildman–Crippen MR) is 94.3 cm³/mol. The first-order valence-corrected chi connectivity index (χ1v) is 7.87. The van der Waals surface area contributed by atoms with Crippen molar-refractivity contribution in [1.82, 2.24) is 9.88 Å². The van der Waals surface area contributed by atoms with Crippen molar-refractivity contribution in [2.24, 2.45) is 0 Å². The summed E-state index contributed by atoms with van der Waals surface area (Å²) in [6.07, 6.45) is 1.64. The number of rotatable bonds is 7. The van der Waals surface area contributed by atoms with E-state index in [-0.39, 0.29) is 5.91 Å². The highest BCUT2D eigenvalue weighted by atomic mass is 16.5. The van der Waals surface area contributed by atoms with E-state index in [1.54, 1.807) is 37.4 Å². The molecule has 1 amide bonds. The summed E-state index contributed by atoms with van der Waals surface area (Å²) in [5, 5.41) is 3.23. The van der Waals surface area contributed by atoms with Gasteiger partial charge in [-0.3, -0.25) is 4.79 Å². The van der Waals surface area contributed by atoms with Crippen LogP contribution in [0, 0.1) is 0 Å². The van der Waals surface area contributed by atoms with Crippen molar-refractivity contribution in [3.05, 3.63) is 42.2 Å². The minimum absolute atomic E-state index is 0.0615. The monoisotopic (exact) mass is 329 g/mol. The van der Waals surface area contributed by atoms with Gasteiger partial charge in [-0.2, -0.15) is 0 Å². The molecule has 0 radical (unpaired) electrons. The summed E-state index contributed by atoms with van der Waals surface area (Å²) in [6, 6.07) is 9.06. The number of carbonyl (C=O) groups excluding carboxylic acids is 1. The number of hydrogen-bond donors (Lipinski definition) is 1. The van der Waals surface area contributed by atoms with Crippen molar-refractivity contribution in [3.8, 4) is 11.5 Å². The Kier molecular flexibility index (Phi) is 6.01. The summed E-state index contributed by atoms with van der Waals surface area (Å²) in [6.45, 7) is 5.24. The number of nitrogens with zero attached hydrogens (tertiary/aromatic N) is 2. The highest BCUT2D eigenvalue weighted by Gasteiger charge is 2.13. The van der Waals surface area contributed by atoms with E-state index in [4.69, 9.17) is 9.47 Å².